The van der Waals surface area contributed by atoms with Crippen LogP contribution < -0.4 is 5.32 Å². The van der Waals surface area contributed by atoms with Crippen molar-refractivity contribution in [2.45, 2.75) is 12.5 Å². The number of benzene rings is 2. The molecule has 2 aromatic rings. The molecule has 0 spiro atoms. The first kappa shape index (κ1) is 21.1. The van der Waals surface area contributed by atoms with Gasteiger partial charge in [0.1, 0.15) is 0 Å². The molecule has 2 aliphatic rings. The molecule has 2 fully saturated rings. The third-order valence-corrected chi connectivity index (χ3v) is 6.38. The zero-order valence-corrected chi connectivity index (χ0v) is 17.7. The van der Waals surface area contributed by atoms with Crippen LogP contribution in [0.5, 0.6) is 0 Å². The van der Waals surface area contributed by atoms with E-state index in [1.807, 2.05) is 12.1 Å². The molecule has 0 aliphatic carbocycles. The van der Waals surface area contributed by atoms with Crippen LogP contribution in [0.2, 0.25) is 10.0 Å². The molecule has 30 heavy (non-hydrogen) atoms. The monoisotopic (exact) mass is 448 g/mol. The lowest BCUT2D eigenvalue weighted by molar-refractivity contribution is -0.125. The SMILES string of the molecule is O=C(O)c1ccc(-c2cc(Cl)c([C@@H](C3CCNC3=O)N3CCOCC3)c(Cl)c2)cc1. The number of aromatic carboxylic acids is 1. The first-order chi connectivity index (χ1) is 14.5. The molecule has 0 bridgehead atoms. The third kappa shape index (κ3) is 4.18. The highest BCUT2D eigenvalue weighted by Crippen LogP contribution is 2.43. The predicted octanol–water partition coefficient (Wildman–Crippen LogP) is 3.87. The summed E-state index contributed by atoms with van der Waals surface area (Å²) in [6, 6.07) is 10.0. The van der Waals surface area contributed by atoms with E-state index in [2.05, 4.69) is 10.2 Å². The number of hydrogen-bond acceptors (Lipinski definition) is 4. The quantitative estimate of drug-likeness (QED) is 0.725. The van der Waals surface area contributed by atoms with Gasteiger partial charge in [-0.15, -0.1) is 0 Å². The van der Waals surface area contributed by atoms with Gasteiger partial charge < -0.3 is 15.2 Å². The summed E-state index contributed by atoms with van der Waals surface area (Å²) in [5.74, 6) is -1.18. The highest BCUT2D eigenvalue weighted by molar-refractivity contribution is 6.36. The Morgan fingerprint density at radius 1 is 1.10 bits per heavy atom. The van der Waals surface area contributed by atoms with Crippen molar-refractivity contribution in [1.29, 1.82) is 0 Å². The van der Waals surface area contributed by atoms with Crippen molar-refractivity contribution in [1.82, 2.24) is 10.2 Å². The van der Waals surface area contributed by atoms with E-state index >= 15 is 0 Å². The summed E-state index contributed by atoms with van der Waals surface area (Å²) in [6.07, 6.45) is 0.728. The summed E-state index contributed by atoms with van der Waals surface area (Å²) >= 11 is 13.5. The fourth-order valence-corrected chi connectivity index (χ4v) is 4.96. The van der Waals surface area contributed by atoms with Gasteiger partial charge in [0.05, 0.1) is 24.7 Å². The van der Waals surface area contributed by atoms with E-state index in [1.54, 1.807) is 24.3 Å². The van der Waals surface area contributed by atoms with Crippen molar-refractivity contribution in [3.05, 3.63) is 57.6 Å². The minimum absolute atomic E-state index is 0.0203. The maximum Gasteiger partial charge on any atom is 0.335 e. The third-order valence-electron chi connectivity index (χ3n) is 5.75. The number of carboxylic acids is 1. The molecular weight excluding hydrogens is 427 g/mol. The van der Waals surface area contributed by atoms with Gasteiger partial charge in [-0.2, -0.15) is 0 Å². The van der Waals surface area contributed by atoms with Gasteiger partial charge in [0.2, 0.25) is 5.91 Å². The van der Waals surface area contributed by atoms with Gasteiger partial charge in [-0.1, -0.05) is 35.3 Å². The average Bonchev–Trinajstić information content (AvgIpc) is 3.16. The van der Waals surface area contributed by atoms with Crippen LogP contribution in [-0.4, -0.2) is 54.7 Å². The van der Waals surface area contributed by atoms with E-state index < -0.39 is 5.97 Å². The van der Waals surface area contributed by atoms with E-state index in [4.69, 9.17) is 33.0 Å². The number of halogens is 2. The smallest absolute Gasteiger partial charge is 0.335 e. The number of carboxylic acid groups (broad SMARTS) is 1. The lowest BCUT2D eigenvalue weighted by Crippen LogP contribution is -2.43. The van der Waals surface area contributed by atoms with Crippen molar-refractivity contribution in [2.24, 2.45) is 5.92 Å². The molecule has 4 rings (SSSR count). The van der Waals surface area contributed by atoms with Gasteiger partial charge in [0, 0.05) is 41.3 Å². The molecule has 2 atom stereocenters. The van der Waals surface area contributed by atoms with Crippen molar-refractivity contribution in [3.63, 3.8) is 0 Å². The largest absolute Gasteiger partial charge is 0.478 e. The van der Waals surface area contributed by atoms with Crippen LogP contribution >= 0.6 is 23.2 Å². The number of carbonyl (C=O) groups is 2. The number of carbonyl (C=O) groups excluding carboxylic acids is 1. The zero-order valence-electron chi connectivity index (χ0n) is 16.2. The standard InChI is InChI=1S/C22H22Cl2N2O4/c23-17-11-15(13-1-3-14(4-2-13)22(28)29)12-18(24)19(17)20(16-5-6-25-21(16)27)26-7-9-30-10-8-26/h1-4,11-12,16,20H,5-10H2,(H,25,27)(H,28,29)/t16?,20-/m1/s1. The van der Waals surface area contributed by atoms with E-state index in [0.717, 1.165) is 23.1 Å². The van der Waals surface area contributed by atoms with Crippen LogP contribution in [0.15, 0.2) is 36.4 Å². The fraction of sp³-hybridized carbons (Fsp3) is 0.364. The Morgan fingerprint density at radius 3 is 2.27 bits per heavy atom. The number of amides is 1. The molecule has 2 aromatic carbocycles. The number of morpholine rings is 1. The van der Waals surface area contributed by atoms with Crippen LogP contribution in [0.3, 0.4) is 0 Å². The van der Waals surface area contributed by atoms with E-state index in [9.17, 15) is 9.59 Å². The normalized spacial score (nSPS) is 20.7. The van der Waals surface area contributed by atoms with Crippen LogP contribution in [0.25, 0.3) is 11.1 Å². The first-order valence-corrected chi connectivity index (χ1v) is 10.6. The van der Waals surface area contributed by atoms with Crippen LogP contribution in [0, 0.1) is 5.92 Å². The minimum Gasteiger partial charge on any atom is -0.478 e. The van der Waals surface area contributed by atoms with Crippen LogP contribution in [0.1, 0.15) is 28.4 Å². The molecule has 8 heteroatoms. The van der Waals surface area contributed by atoms with Gasteiger partial charge in [0.25, 0.3) is 0 Å². The average molecular weight is 449 g/mol. The van der Waals surface area contributed by atoms with Crippen LogP contribution in [0.4, 0.5) is 0 Å². The maximum absolute atomic E-state index is 12.5. The lowest BCUT2D eigenvalue weighted by atomic mass is 9.88. The zero-order chi connectivity index (χ0) is 21.3. The second-order valence-electron chi connectivity index (χ2n) is 7.52. The van der Waals surface area contributed by atoms with Crippen molar-refractivity contribution in [3.8, 4) is 11.1 Å². The molecule has 2 aliphatic heterocycles. The minimum atomic E-state index is -0.976. The van der Waals surface area contributed by atoms with Crippen LogP contribution in [-0.2, 0) is 9.53 Å². The molecule has 2 N–H and O–H groups in total. The van der Waals surface area contributed by atoms with E-state index in [-0.39, 0.29) is 23.4 Å². The topological polar surface area (TPSA) is 78.9 Å². The van der Waals surface area contributed by atoms with Gasteiger partial charge in [0.15, 0.2) is 0 Å². The Balaban J connectivity index is 1.72. The molecular formula is C22H22Cl2N2O4. The molecule has 1 amide bonds. The summed E-state index contributed by atoms with van der Waals surface area (Å²) < 4.78 is 5.49. The molecule has 0 radical (unpaired) electrons. The predicted molar refractivity (Wildman–Crippen MR) is 115 cm³/mol. The fourth-order valence-electron chi connectivity index (χ4n) is 4.25. The van der Waals surface area contributed by atoms with Gasteiger partial charge in [-0.05, 0) is 41.8 Å². The molecule has 6 nitrogen and oxygen atoms in total. The van der Waals surface area contributed by atoms with E-state index in [0.29, 0.717) is 42.9 Å². The number of ether oxygens (including phenoxy) is 1. The number of nitrogens with zero attached hydrogens (tertiary/aromatic N) is 1. The molecule has 2 heterocycles. The second-order valence-corrected chi connectivity index (χ2v) is 8.33. The van der Waals surface area contributed by atoms with Crippen molar-refractivity contribution in [2.75, 3.05) is 32.8 Å². The number of hydrogen-bond donors (Lipinski definition) is 2. The number of rotatable bonds is 5. The Labute approximate surface area is 184 Å². The lowest BCUT2D eigenvalue weighted by Gasteiger charge is -2.38. The molecule has 0 aromatic heterocycles. The van der Waals surface area contributed by atoms with Gasteiger partial charge in [-0.3, -0.25) is 9.69 Å². The van der Waals surface area contributed by atoms with E-state index in [1.165, 1.54) is 0 Å². The summed E-state index contributed by atoms with van der Waals surface area (Å²) in [5.41, 5.74) is 2.58. The van der Waals surface area contributed by atoms with Gasteiger partial charge in [-0.25, -0.2) is 4.79 Å². The Morgan fingerprint density at radius 2 is 1.73 bits per heavy atom. The van der Waals surface area contributed by atoms with Crippen molar-refractivity contribution >= 4 is 35.1 Å². The summed E-state index contributed by atoms with van der Waals surface area (Å²) in [7, 11) is 0. The summed E-state index contributed by atoms with van der Waals surface area (Å²) in [6.45, 7) is 3.27. The Hall–Kier alpha value is -2.12. The molecule has 0 saturated carbocycles. The van der Waals surface area contributed by atoms with Crippen molar-refractivity contribution < 1.29 is 19.4 Å². The Bertz CT molecular complexity index is 935. The molecule has 158 valence electrons. The summed E-state index contributed by atoms with van der Waals surface area (Å²) in [4.78, 5) is 25.8. The number of nitrogens with one attached hydrogen (secondary N) is 1. The second kappa shape index (κ2) is 8.94. The molecule has 2 saturated heterocycles. The summed E-state index contributed by atoms with van der Waals surface area (Å²) in [5, 5.41) is 13.0. The highest BCUT2D eigenvalue weighted by Gasteiger charge is 2.39. The van der Waals surface area contributed by atoms with Gasteiger partial charge >= 0.3 is 5.97 Å². The first-order valence-electron chi connectivity index (χ1n) is 9.88. The molecule has 1 unspecified atom stereocenters. The Kier molecular flexibility index (Phi) is 6.29. The highest BCUT2D eigenvalue weighted by atomic mass is 35.5. The maximum atomic E-state index is 12.5.